The monoisotopic (exact) mass is 227 g/mol. The first-order valence-corrected chi connectivity index (χ1v) is 6.59. The molecule has 0 unspecified atom stereocenters. The number of hydrogen-bond acceptors (Lipinski definition) is 3. The van der Waals surface area contributed by atoms with Gasteiger partial charge in [0.15, 0.2) is 0 Å². The maximum Gasteiger partial charge on any atom is 0.0625 e. The number of aryl methyl sites for hydroxylation is 1. The van der Waals surface area contributed by atoms with Gasteiger partial charge in [-0.1, -0.05) is 13.8 Å². The minimum Gasteiger partial charge on any atom is -0.313 e. The number of aromatic nitrogens is 2. The molecule has 0 saturated carbocycles. The minimum atomic E-state index is 0.680. The molecule has 4 heteroatoms. The van der Waals surface area contributed by atoms with Gasteiger partial charge < -0.3 is 5.32 Å². The van der Waals surface area contributed by atoms with E-state index in [9.17, 15) is 0 Å². The molecule has 0 aromatic carbocycles. The van der Waals surface area contributed by atoms with E-state index in [1.807, 2.05) is 29.7 Å². The maximum atomic E-state index is 4.14. The van der Waals surface area contributed by atoms with Crippen molar-refractivity contribution in [3.05, 3.63) is 12.4 Å². The molecule has 0 bridgehead atoms. The highest BCUT2D eigenvalue weighted by atomic mass is 32.2. The molecule has 1 N–H and O–H groups in total. The van der Waals surface area contributed by atoms with Crippen molar-refractivity contribution >= 4 is 11.8 Å². The van der Waals surface area contributed by atoms with E-state index in [0.717, 1.165) is 12.3 Å². The zero-order valence-corrected chi connectivity index (χ0v) is 10.7. The number of thioether (sulfide) groups is 1. The molecule has 0 saturated heterocycles. The van der Waals surface area contributed by atoms with Crippen LogP contribution in [0.5, 0.6) is 0 Å². The lowest BCUT2D eigenvalue weighted by Gasteiger charge is -2.13. The minimum absolute atomic E-state index is 0.680. The fourth-order valence-electron chi connectivity index (χ4n) is 1.48. The smallest absolute Gasteiger partial charge is 0.0625 e. The molecule has 0 aliphatic carbocycles. The van der Waals surface area contributed by atoms with E-state index in [2.05, 4.69) is 30.5 Å². The summed E-state index contributed by atoms with van der Waals surface area (Å²) in [6.45, 7) is 5.54. The molecular formula is C11H21N3S. The molecule has 0 atom stereocenters. The molecule has 0 fully saturated rings. The molecule has 1 heterocycles. The summed E-state index contributed by atoms with van der Waals surface area (Å²) < 4.78 is 1.84. The Labute approximate surface area is 96.6 Å². The second kappa shape index (κ2) is 6.90. The number of hydrogen-bond donors (Lipinski definition) is 1. The quantitative estimate of drug-likeness (QED) is 0.572. The third-order valence-electron chi connectivity index (χ3n) is 2.47. The van der Waals surface area contributed by atoms with E-state index < -0.39 is 0 Å². The number of rotatable bonds is 7. The molecule has 0 amide bonds. The standard InChI is InChI=1S/C11H21N3S/c1-4-10(5-2)12-6-7-15-11-8-13-14(3)9-11/h8-10,12H,4-7H2,1-3H3. The van der Waals surface area contributed by atoms with Gasteiger partial charge in [0.1, 0.15) is 0 Å². The van der Waals surface area contributed by atoms with Gasteiger partial charge in [-0.25, -0.2) is 0 Å². The van der Waals surface area contributed by atoms with Crippen LogP contribution in [-0.4, -0.2) is 28.1 Å². The first-order chi connectivity index (χ1) is 7.26. The third kappa shape index (κ3) is 4.71. The Bertz CT molecular complexity index is 269. The van der Waals surface area contributed by atoms with Gasteiger partial charge in [0.05, 0.1) is 6.20 Å². The summed E-state index contributed by atoms with van der Waals surface area (Å²) in [5.74, 6) is 1.11. The van der Waals surface area contributed by atoms with Gasteiger partial charge in [0, 0.05) is 36.5 Å². The Kier molecular flexibility index (Phi) is 5.79. The molecule has 3 nitrogen and oxygen atoms in total. The van der Waals surface area contributed by atoms with Crippen molar-refractivity contribution in [3.63, 3.8) is 0 Å². The number of nitrogens with one attached hydrogen (secondary N) is 1. The Morgan fingerprint density at radius 2 is 2.20 bits per heavy atom. The molecule has 0 aliphatic rings. The zero-order valence-electron chi connectivity index (χ0n) is 9.86. The van der Waals surface area contributed by atoms with Crippen molar-refractivity contribution in [1.82, 2.24) is 15.1 Å². The van der Waals surface area contributed by atoms with Crippen molar-refractivity contribution < 1.29 is 0 Å². The van der Waals surface area contributed by atoms with Crippen molar-refractivity contribution in [1.29, 1.82) is 0 Å². The van der Waals surface area contributed by atoms with E-state index in [0.29, 0.717) is 6.04 Å². The summed E-state index contributed by atoms with van der Waals surface area (Å²) in [4.78, 5) is 1.25. The first-order valence-electron chi connectivity index (χ1n) is 5.61. The van der Waals surface area contributed by atoms with Gasteiger partial charge in [0.25, 0.3) is 0 Å². The Balaban J connectivity index is 2.11. The lowest BCUT2D eigenvalue weighted by atomic mass is 10.2. The van der Waals surface area contributed by atoms with Crippen LogP contribution in [-0.2, 0) is 7.05 Å². The van der Waals surface area contributed by atoms with Crippen molar-refractivity contribution in [3.8, 4) is 0 Å². The predicted molar refractivity (Wildman–Crippen MR) is 66.3 cm³/mol. The fourth-order valence-corrected chi connectivity index (χ4v) is 2.29. The summed E-state index contributed by atoms with van der Waals surface area (Å²) in [7, 11) is 1.95. The number of nitrogens with zero attached hydrogens (tertiary/aromatic N) is 2. The average molecular weight is 227 g/mol. The molecule has 15 heavy (non-hydrogen) atoms. The van der Waals surface area contributed by atoms with Crippen LogP contribution in [0.2, 0.25) is 0 Å². The van der Waals surface area contributed by atoms with E-state index in [1.165, 1.54) is 17.7 Å². The summed E-state index contributed by atoms with van der Waals surface area (Å²) >= 11 is 1.86. The van der Waals surface area contributed by atoms with Gasteiger partial charge in [-0.2, -0.15) is 5.10 Å². The van der Waals surface area contributed by atoms with Crippen LogP contribution in [0.3, 0.4) is 0 Å². The summed E-state index contributed by atoms with van der Waals surface area (Å²) in [5, 5.41) is 7.69. The summed E-state index contributed by atoms with van der Waals surface area (Å²) in [6.07, 6.45) is 6.41. The van der Waals surface area contributed by atoms with Crippen molar-refractivity contribution in [2.24, 2.45) is 7.05 Å². The molecule has 1 aromatic rings. The topological polar surface area (TPSA) is 29.9 Å². The van der Waals surface area contributed by atoms with Gasteiger partial charge in [-0.15, -0.1) is 11.8 Å². The lowest BCUT2D eigenvalue weighted by Crippen LogP contribution is -2.29. The maximum absolute atomic E-state index is 4.14. The second-order valence-electron chi connectivity index (χ2n) is 3.67. The van der Waals surface area contributed by atoms with E-state index in [-0.39, 0.29) is 0 Å². The second-order valence-corrected chi connectivity index (χ2v) is 4.83. The lowest BCUT2D eigenvalue weighted by molar-refractivity contribution is 0.501. The highest BCUT2D eigenvalue weighted by molar-refractivity contribution is 7.99. The van der Waals surface area contributed by atoms with Crippen LogP contribution in [0.4, 0.5) is 0 Å². The van der Waals surface area contributed by atoms with Gasteiger partial charge in [-0.3, -0.25) is 4.68 Å². The van der Waals surface area contributed by atoms with Crippen LogP contribution < -0.4 is 5.32 Å². The third-order valence-corrected chi connectivity index (χ3v) is 3.42. The van der Waals surface area contributed by atoms with Crippen LogP contribution in [0, 0.1) is 0 Å². The van der Waals surface area contributed by atoms with Crippen LogP contribution in [0.1, 0.15) is 26.7 Å². The van der Waals surface area contributed by atoms with Gasteiger partial charge >= 0.3 is 0 Å². The SMILES string of the molecule is CCC(CC)NCCSc1cnn(C)c1. The molecule has 0 radical (unpaired) electrons. The van der Waals surface area contributed by atoms with Crippen molar-refractivity contribution in [2.45, 2.75) is 37.6 Å². The van der Waals surface area contributed by atoms with Crippen LogP contribution >= 0.6 is 11.8 Å². The Morgan fingerprint density at radius 3 is 2.73 bits per heavy atom. The molecule has 1 aromatic heterocycles. The summed E-state index contributed by atoms with van der Waals surface area (Å²) in [5.41, 5.74) is 0. The molecule has 0 spiro atoms. The summed E-state index contributed by atoms with van der Waals surface area (Å²) in [6, 6.07) is 0.680. The Hall–Kier alpha value is -0.480. The van der Waals surface area contributed by atoms with E-state index in [1.54, 1.807) is 0 Å². The van der Waals surface area contributed by atoms with Crippen LogP contribution in [0.15, 0.2) is 17.3 Å². The molecule has 0 aliphatic heterocycles. The van der Waals surface area contributed by atoms with Crippen molar-refractivity contribution in [2.75, 3.05) is 12.3 Å². The molecule has 1 rings (SSSR count). The molecular weight excluding hydrogens is 206 g/mol. The van der Waals surface area contributed by atoms with Gasteiger partial charge in [0.2, 0.25) is 0 Å². The fraction of sp³-hybridized carbons (Fsp3) is 0.727. The first kappa shape index (κ1) is 12.6. The van der Waals surface area contributed by atoms with Crippen LogP contribution in [0.25, 0.3) is 0 Å². The van der Waals surface area contributed by atoms with Gasteiger partial charge in [-0.05, 0) is 12.8 Å². The largest absolute Gasteiger partial charge is 0.313 e. The van der Waals surface area contributed by atoms with E-state index >= 15 is 0 Å². The normalized spacial score (nSPS) is 11.2. The highest BCUT2D eigenvalue weighted by Crippen LogP contribution is 2.15. The predicted octanol–water partition coefficient (Wildman–Crippen LogP) is 2.29. The zero-order chi connectivity index (χ0) is 11.1. The Morgan fingerprint density at radius 1 is 1.47 bits per heavy atom. The average Bonchev–Trinajstić information content (AvgIpc) is 2.65. The highest BCUT2D eigenvalue weighted by Gasteiger charge is 2.01. The van der Waals surface area contributed by atoms with E-state index in [4.69, 9.17) is 0 Å². The molecule has 86 valence electrons.